The van der Waals surface area contributed by atoms with Crippen molar-refractivity contribution in [2.45, 2.75) is 51.8 Å². The van der Waals surface area contributed by atoms with Crippen molar-refractivity contribution in [3.63, 3.8) is 0 Å². The summed E-state index contributed by atoms with van der Waals surface area (Å²) < 4.78 is 22.3. The molecule has 1 heterocycles. The maximum Gasteiger partial charge on any atom is 0.308 e. The minimum atomic E-state index is -0.424. The Morgan fingerprint density at radius 3 is 2.57 bits per heavy atom. The average Bonchev–Trinajstić information content (AvgIpc) is 2.55. The fourth-order valence-electron chi connectivity index (χ4n) is 2.91. The summed E-state index contributed by atoms with van der Waals surface area (Å²) in [5, 5.41) is 0. The molecule has 23 heavy (non-hydrogen) atoms. The van der Waals surface area contributed by atoms with Crippen LogP contribution in [0.4, 0.5) is 0 Å². The van der Waals surface area contributed by atoms with Crippen molar-refractivity contribution in [3.05, 3.63) is 35.9 Å². The van der Waals surface area contributed by atoms with E-state index in [4.69, 9.17) is 18.9 Å². The van der Waals surface area contributed by atoms with E-state index in [2.05, 4.69) is 13.8 Å². The number of esters is 1. The largest absolute Gasteiger partial charge is 0.469 e. The van der Waals surface area contributed by atoms with Gasteiger partial charge in [0.05, 0.1) is 32.3 Å². The Kier molecular flexibility index (Phi) is 6.16. The third kappa shape index (κ3) is 4.53. The van der Waals surface area contributed by atoms with E-state index in [-0.39, 0.29) is 30.0 Å². The second kappa shape index (κ2) is 7.90. The minimum Gasteiger partial charge on any atom is -0.469 e. The first-order chi connectivity index (χ1) is 11.0. The zero-order chi connectivity index (χ0) is 16.9. The molecule has 0 aromatic heterocycles. The van der Waals surface area contributed by atoms with Gasteiger partial charge in [0.15, 0.2) is 6.29 Å². The van der Waals surface area contributed by atoms with Gasteiger partial charge < -0.3 is 18.9 Å². The van der Waals surface area contributed by atoms with E-state index in [1.165, 1.54) is 7.11 Å². The third-order valence-electron chi connectivity index (χ3n) is 4.36. The van der Waals surface area contributed by atoms with Gasteiger partial charge >= 0.3 is 5.97 Å². The van der Waals surface area contributed by atoms with Crippen LogP contribution in [0.25, 0.3) is 0 Å². The van der Waals surface area contributed by atoms with E-state index in [1.807, 2.05) is 30.3 Å². The molecular weight excluding hydrogens is 296 g/mol. The Balaban J connectivity index is 2.05. The van der Waals surface area contributed by atoms with Gasteiger partial charge in [-0.25, -0.2) is 0 Å². The van der Waals surface area contributed by atoms with Crippen molar-refractivity contribution in [2.75, 3.05) is 14.2 Å². The number of rotatable bonds is 6. The fourth-order valence-corrected chi connectivity index (χ4v) is 2.91. The molecule has 0 unspecified atom stereocenters. The molecule has 128 valence electrons. The minimum absolute atomic E-state index is 0.0731. The van der Waals surface area contributed by atoms with E-state index in [9.17, 15) is 4.79 Å². The summed E-state index contributed by atoms with van der Waals surface area (Å²) >= 11 is 0. The molecule has 0 aliphatic carbocycles. The summed E-state index contributed by atoms with van der Waals surface area (Å²) in [5.74, 6) is -0.286. The van der Waals surface area contributed by atoms with Crippen molar-refractivity contribution >= 4 is 5.97 Å². The standard InChI is InChI=1S/C18H26O5/c1-18(2)15(22-12-13-8-6-5-7-9-13)10-14(11-16(19)20-3)23-17(18)21-4/h5-9,14-15,17H,10-12H2,1-4H3/t14-,15+,17+/m0/s1. The topological polar surface area (TPSA) is 54.0 Å². The van der Waals surface area contributed by atoms with Gasteiger partial charge in [0.25, 0.3) is 0 Å². The van der Waals surface area contributed by atoms with Gasteiger partial charge in [-0.2, -0.15) is 0 Å². The molecule has 0 spiro atoms. The highest BCUT2D eigenvalue weighted by Crippen LogP contribution is 2.39. The Morgan fingerprint density at radius 2 is 1.96 bits per heavy atom. The Hall–Kier alpha value is -1.43. The zero-order valence-corrected chi connectivity index (χ0v) is 14.3. The molecule has 0 bridgehead atoms. The van der Waals surface area contributed by atoms with Crippen LogP contribution in [0.3, 0.4) is 0 Å². The van der Waals surface area contributed by atoms with Gasteiger partial charge in [0, 0.05) is 18.9 Å². The summed E-state index contributed by atoms with van der Waals surface area (Å²) in [6, 6.07) is 10.0. The highest BCUT2D eigenvalue weighted by atomic mass is 16.7. The molecule has 0 amide bonds. The molecule has 1 aliphatic rings. The number of hydrogen-bond donors (Lipinski definition) is 0. The second-order valence-corrected chi connectivity index (χ2v) is 6.45. The van der Waals surface area contributed by atoms with E-state index in [0.717, 1.165) is 5.56 Å². The number of ether oxygens (including phenoxy) is 4. The van der Waals surface area contributed by atoms with Gasteiger partial charge in [0.1, 0.15) is 0 Å². The number of methoxy groups -OCH3 is 2. The van der Waals surface area contributed by atoms with Crippen LogP contribution in [-0.2, 0) is 30.3 Å². The van der Waals surface area contributed by atoms with E-state index in [0.29, 0.717) is 13.0 Å². The van der Waals surface area contributed by atoms with E-state index in [1.54, 1.807) is 7.11 Å². The Bertz CT molecular complexity index is 499. The summed E-state index contributed by atoms with van der Waals surface area (Å²) in [6.45, 7) is 4.65. The monoisotopic (exact) mass is 322 g/mol. The molecule has 5 nitrogen and oxygen atoms in total. The molecule has 3 atom stereocenters. The van der Waals surface area contributed by atoms with Gasteiger partial charge in [-0.05, 0) is 5.56 Å². The molecule has 1 fully saturated rings. The summed E-state index contributed by atoms with van der Waals surface area (Å²) in [4.78, 5) is 11.5. The van der Waals surface area contributed by atoms with Crippen molar-refractivity contribution < 1.29 is 23.7 Å². The molecular formula is C18H26O5. The predicted molar refractivity (Wildman–Crippen MR) is 85.7 cm³/mol. The highest BCUT2D eigenvalue weighted by molar-refractivity contribution is 5.69. The Labute approximate surface area is 137 Å². The lowest BCUT2D eigenvalue weighted by Crippen LogP contribution is -2.52. The highest BCUT2D eigenvalue weighted by Gasteiger charge is 2.46. The molecule has 1 aromatic carbocycles. The normalized spacial score (nSPS) is 26.7. The van der Waals surface area contributed by atoms with Crippen molar-refractivity contribution in [1.82, 2.24) is 0 Å². The van der Waals surface area contributed by atoms with Crippen LogP contribution in [0.2, 0.25) is 0 Å². The summed E-state index contributed by atoms with van der Waals surface area (Å²) in [7, 11) is 2.99. The molecule has 0 N–H and O–H groups in total. The van der Waals surface area contributed by atoms with Crippen LogP contribution in [0.15, 0.2) is 30.3 Å². The molecule has 5 heteroatoms. The quantitative estimate of drug-likeness (QED) is 0.754. The lowest BCUT2D eigenvalue weighted by molar-refractivity contribution is -0.278. The predicted octanol–water partition coefficient (Wildman–Crippen LogP) is 2.92. The van der Waals surface area contributed by atoms with Crippen molar-refractivity contribution in [3.8, 4) is 0 Å². The second-order valence-electron chi connectivity index (χ2n) is 6.45. The lowest BCUT2D eigenvalue weighted by atomic mass is 9.79. The van der Waals surface area contributed by atoms with Crippen LogP contribution in [-0.4, -0.2) is 38.7 Å². The van der Waals surface area contributed by atoms with Crippen LogP contribution in [0.5, 0.6) is 0 Å². The fraction of sp³-hybridized carbons (Fsp3) is 0.611. The van der Waals surface area contributed by atoms with Gasteiger partial charge in [-0.15, -0.1) is 0 Å². The molecule has 0 saturated carbocycles. The molecule has 1 aromatic rings. The van der Waals surface area contributed by atoms with Gasteiger partial charge in [-0.3, -0.25) is 4.79 Å². The SMILES string of the molecule is COC(=O)C[C@@H]1C[C@@H](OCc2ccccc2)C(C)(C)[C@H](OC)O1. The van der Waals surface area contributed by atoms with Crippen LogP contribution in [0, 0.1) is 5.41 Å². The lowest BCUT2D eigenvalue weighted by Gasteiger charge is -2.46. The van der Waals surface area contributed by atoms with E-state index >= 15 is 0 Å². The smallest absolute Gasteiger partial charge is 0.308 e. The van der Waals surface area contributed by atoms with Gasteiger partial charge in [0.2, 0.25) is 0 Å². The average molecular weight is 322 g/mol. The Morgan fingerprint density at radius 1 is 1.26 bits per heavy atom. The number of hydrogen-bond acceptors (Lipinski definition) is 5. The first-order valence-corrected chi connectivity index (χ1v) is 7.88. The van der Waals surface area contributed by atoms with Crippen LogP contribution < -0.4 is 0 Å². The first-order valence-electron chi connectivity index (χ1n) is 7.88. The van der Waals surface area contributed by atoms with Gasteiger partial charge in [-0.1, -0.05) is 44.2 Å². The third-order valence-corrected chi connectivity index (χ3v) is 4.36. The summed E-state index contributed by atoms with van der Waals surface area (Å²) in [5.41, 5.74) is 0.809. The van der Waals surface area contributed by atoms with Crippen LogP contribution in [0.1, 0.15) is 32.3 Å². The van der Waals surface area contributed by atoms with E-state index < -0.39 is 6.29 Å². The van der Waals surface area contributed by atoms with Crippen molar-refractivity contribution in [2.24, 2.45) is 5.41 Å². The number of carbonyl (C=O) groups is 1. The summed E-state index contributed by atoms with van der Waals surface area (Å²) in [6.07, 6.45) is 0.0795. The number of carbonyl (C=O) groups excluding carboxylic acids is 1. The molecule has 1 saturated heterocycles. The number of benzene rings is 1. The maximum atomic E-state index is 11.5. The first kappa shape index (κ1) is 17.9. The van der Waals surface area contributed by atoms with Crippen molar-refractivity contribution in [1.29, 1.82) is 0 Å². The maximum absolute atomic E-state index is 11.5. The van der Waals surface area contributed by atoms with Crippen LogP contribution >= 0.6 is 0 Å². The zero-order valence-electron chi connectivity index (χ0n) is 14.3. The molecule has 0 radical (unpaired) electrons. The molecule has 1 aliphatic heterocycles. The molecule has 2 rings (SSSR count).